The molecule has 1 aromatic heterocycles. The lowest BCUT2D eigenvalue weighted by molar-refractivity contribution is 0.220. The van der Waals surface area contributed by atoms with Gasteiger partial charge in [-0.25, -0.2) is 4.98 Å². The second-order valence-electron chi connectivity index (χ2n) is 7.08. The molecule has 1 atom stereocenters. The molecule has 7 heteroatoms. The van der Waals surface area contributed by atoms with Gasteiger partial charge in [0.25, 0.3) is 10.2 Å². The maximum absolute atomic E-state index is 12.9. The summed E-state index contributed by atoms with van der Waals surface area (Å²) in [6.07, 6.45) is 8.65. The summed E-state index contributed by atoms with van der Waals surface area (Å²) in [6.45, 7) is 1.26. The Labute approximate surface area is 142 Å². The molecule has 5 nitrogen and oxygen atoms in total. The van der Waals surface area contributed by atoms with Crippen molar-refractivity contribution in [1.29, 1.82) is 0 Å². The van der Waals surface area contributed by atoms with Crippen molar-refractivity contribution in [2.45, 2.75) is 63.3 Å². The molecule has 1 saturated heterocycles. The number of piperidine rings is 1. The van der Waals surface area contributed by atoms with E-state index in [1.54, 1.807) is 15.7 Å². The predicted octanol–water partition coefficient (Wildman–Crippen LogP) is 2.54. The molecule has 0 radical (unpaired) electrons. The maximum atomic E-state index is 12.9. The Hall–Kier alpha value is -0.500. The topological polar surface area (TPSA) is 53.5 Å². The number of hydrogen-bond donors (Lipinski definition) is 0. The van der Waals surface area contributed by atoms with E-state index in [-0.39, 0.29) is 12.0 Å². The minimum absolute atomic E-state index is 0.212. The first-order valence-corrected chi connectivity index (χ1v) is 11.0. The molecule has 0 bridgehead atoms. The lowest BCUT2D eigenvalue weighted by Crippen LogP contribution is -2.51. The normalized spacial score (nSPS) is 26.4. The zero-order chi connectivity index (χ0) is 16.0. The Kier molecular flexibility index (Phi) is 4.24. The third-order valence-corrected chi connectivity index (χ3v) is 8.95. The molecule has 0 spiro atoms. The Morgan fingerprint density at radius 3 is 2.70 bits per heavy atom. The number of aromatic nitrogens is 1. The molecule has 1 saturated carbocycles. The van der Waals surface area contributed by atoms with Crippen LogP contribution in [0.5, 0.6) is 0 Å². The van der Waals surface area contributed by atoms with Gasteiger partial charge < -0.3 is 0 Å². The SMILES string of the molecule is CN(C1CCC1)S(=O)(=O)N1CCCC(c2nc3c(s2)CCC3)C1. The average Bonchev–Trinajstić information content (AvgIpc) is 3.06. The highest BCUT2D eigenvalue weighted by molar-refractivity contribution is 7.86. The first kappa shape index (κ1) is 16.0. The van der Waals surface area contributed by atoms with Crippen LogP contribution < -0.4 is 0 Å². The summed E-state index contributed by atoms with van der Waals surface area (Å²) >= 11 is 1.83. The van der Waals surface area contributed by atoms with Crippen molar-refractivity contribution in [2.75, 3.05) is 20.1 Å². The average molecular weight is 356 g/mol. The molecule has 2 aliphatic carbocycles. The minimum atomic E-state index is -3.31. The van der Waals surface area contributed by atoms with Gasteiger partial charge in [0.2, 0.25) is 0 Å². The van der Waals surface area contributed by atoms with Gasteiger partial charge in [-0.15, -0.1) is 11.3 Å². The summed E-state index contributed by atoms with van der Waals surface area (Å²) in [7, 11) is -1.56. The van der Waals surface area contributed by atoms with Crippen LogP contribution in [-0.2, 0) is 23.1 Å². The van der Waals surface area contributed by atoms with Gasteiger partial charge >= 0.3 is 0 Å². The van der Waals surface area contributed by atoms with E-state index < -0.39 is 10.2 Å². The van der Waals surface area contributed by atoms with Crippen LogP contribution >= 0.6 is 11.3 Å². The third kappa shape index (κ3) is 2.86. The lowest BCUT2D eigenvalue weighted by atomic mass is 9.94. The molecule has 1 aromatic rings. The Morgan fingerprint density at radius 1 is 1.17 bits per heavy atom. The number of thiazole rings is 1. The molecular formula is C16H25N3O2S2. The minimum Gasteiger partial charge on any atom is -0.246 e. The summed E-state index contributed by atoms with van der Waals surface area (Å²) in [6, 6.07) is 0.212. The summed E-state index contributed by atoms with van der Waals surface area (Å²) in [5, 5.41) is 1.17. The molecule has 1 aliphatic heterocycles. The summed E-state index contributed by atoms with van der Waals surface area (Å²) in [4.78, 5) is 6.26. The van der Waals surface area contributed by atoms with Crippen molar-refractivity contribution in [2.24, 2.45) is 0 Å². The summed E-state index contributed by atoms with van der Waals surface area (Å²) < 4.78 is 29.1. The highest BCUT2D eigenvalue weighted by Gasteiger charge is 2.38. The van der Waals surface area contributed by atoms with Gasteiger partial charge in [0.1, 0.15) is 0 Å². The molecule has 1 unspecified atom stereocenters. The van der Waals surface area contributed by atoms with Crippen molar-refractivity contribution >= 4 is 21.5 Å². The van der Waals surface area contributed by atoms with E-state index in [1.165, 1.54) is 22.0 Å². The van der Waals surface area contributed by atoms with Gasteiger partial charge in [0, 0.05) is 37.0 Å². The first-order chi connectivity index (χ1) is 11.1. The van der Waals surface area contributed by atoms with Crippen LogP contribution in [0.4, 0.5) is 0 Å². The largest absolute Gasteiger partial charge is 0.281 e. The van der Waals surface area contributed by atoms with Crippen molar-refractivity contribution in [1.82, 2.24) is 13.6 Å². The van der Waals surface area contributed by atoms with Gasteiger partial charge in [0.15, 0.2) is 0 Å². The number of rotatable bonds is 4. The zero-order valence-corrected chi connectivity index (χ0v) is 15.3. The standard InChI is InChI=1S/C16H25N3O2S2/c1-18(13-6-2-7-13)23(20,21)19-10-4-5-12(11-19)16-17-14-8-3-9-15(14)22-16/h12-13H,2-11H2,1H3. The summed E-state index contributed by atoms with van der Waals surface area (Å²) in [5.74, 6) is 0.281. The molecule has 23 heavy (non-hydrogen) atoms. The van der Waals surface area contributed by atoms with Crippen LogP contribution in [0.3, 0.4) is 0 Å². The van der Waals surface area contributed by atoms with Gasteiger partial charge in [-0.05, 0) is 44.9 Å². The fourth-order valence-corrected chi connectivity index (χ4v) is 6.82. The van der Waals surface area contributed by atoms with Crippen molar-refractivity contribution in [3.8, 4) is 0 Å². The fraction of sp³-hybridized carbons (Fsp3) is 0.812. The molecule has 2 fully saturated rings. The molecular weight excluding hydrogens is 330 g/mol. The predicted molar refractivity (Wildman–Crippen MR) is 92.0 cm³/mol. The van der Waals surface area contributed by atoms with Gasteiger partial charge in [-0.2, -0.15) is 17.0 Å². The van der Waals surface area contributed by atoms with Crippen molar-refractivity contribution in [3.05, 3.63) is 15.6 Å². The number of hydrogen-bond acceptors (Lipinski definition) is 4. The van der Waals surface area contributed by atoms with E-state index in [2.05, 4.69) is 0 Å². The fourth-order valence-electron chi connectivity index (χ4n) is 3.86. The molecule has 4 rings (SSSR count). The Bertz CT molecular complexity index is 660. The second-order valence-corrected chi connectivity index (χ2v) is 10.2. The Balaban J connectivity index is 1.49. The third-order valence-electron chi connectivity index (χ3n) is 5.62. The molecule has 2 heterocycles. The van der Waals surface area contributed by atoms with Crippen LogP contribution in [0.25, 0.3) is 0 Å². The van der Waals surface area contributed by atoms with E-state index in [4.69, 9.17) is 4.98 Å². The van der Waals surface area contributed by atoms with E-state index in [9.17, 15) is 8.42 Å². The number of aryl methyl sites for hydroxylation is 2. The lowest BCUT2D eigenvalue weighted by Gasteiger charge is -2.39. The van der Waals surface area contributed by atoms with Gasteiger partial charge in [-0.1, -0.05) is 6.42 Å². The van der Waals surface area contributed by atoms with E-state index in [1.807, 2.05) is 11.3 Å². The molecule has 0 N–H and O–H groups in total. The highest BCUT2D eigenvalue weighted by Crippen LogP contribution is 2.36. The zero-order valence-electron chi connectivity index (χ0n) is 13.7. The van der Waals surface area contributed by atoms with Crippen LogP contribution in [0, 0.1) is 0 Å². The number of fused-ring (bicyclic) bond motifs is 1. The molecule has 3 aliphatic rings. The van der Waals surface area contributed by atoms with Gasteiger partial charge in [0.05, 0.1) is 10.7 Å². The van der Waals surface area contributed by atoms with Crippen LogP contribution in [0.2, 0.25) is 0 Å². The molecule has 0 amide bonds. The van der Waals surface area contributed by atoms with E-state index in [0.717, 1.165) is 44.9 Å². The van der Waals surface area contributed by atoms with Crippen molar-refractivity contribution < 1.29 is 8.42 Å². The molecule has 0 aromatic carbocycles. The van der Waals surface area contributed by atoms with Crippen molar-refractivity contribution in [3.63, 3.8) is 0 Å². The smallest absolute Gasteiger partial charge is 0.246 e. The van der Waals surface area contributed by atoms with Crippen LogP contribution in [-0.4, -0.2) is 48.2 Å². The maximum Gasteiger partial charge on any atom is 0.281 e. The second kappa shape index (κ2) is 6.10. The monoisotopic (exact) mass is 355 g/mol. The van der Waals surface area contributed by atoms with Gasteiger partial charge in [-0.3, -0.25) is 0 Å². The van der Waals surface area contributed by atoms with Crippen LogP contribution in [0.15, 0.2) is 0 Å². The summed E-state index contributed by atoms with van der Waals surface area (Å²) in [5.41, 5.74) is 1.27. The highest BCUT2D eigenvalue weighted by atomic mass is 32.2. The first-order valence-electron chi connectivity index (χ1n) is 8.77. The number of nitrogens with zero attached hydrogens (tertiary/aromatic N) is 3. The van der Waals surface area contributed by atoms with Crippen LogP contribution in [0.1, 0.15) is 60.0 Å². The van der Waals surface area contributed by atoms with E-state index in [0.29, 0.717) is 13.1 Å². The quantitative estimate of drug-likeness (QED) is 0.834. The Morgan fingerprint density at radius 2 is 2.00 bits per heavy atom. The van der Waals surface area contributed by atoms with E-state index >= 15 is 0 Å². The molecule has 128 valence electrons.